The van der Waals surface area contributed by atoms with E-state index >= 15 is 0 Å². The molecule has 25 heavy (non-hydrogen) atoms. The van der Waals surface area contributed by atoms with Crippen LogP contribution in [0.15, 0.2) is 29.3 Å². The molecule has 2 N–H and O–H groups in total. The Morgan fingerprint density at radius 1 is 1.40 bits per heavy atom. The Morgan fingerprint density at radius 3 is 2.88 bits per heavy atom. The van der Waals surface area contributed by atoms with Crippen molar-refractivity contribution in [1.29, 1.82) is 0 Å². The highest BCUT2D eigenvalue weighted by molar-refractivity contribution is 8.00. The topological polar surface area (TPSA) is 71.8 Å². The van der Waals surface area contributed by atoms with Crippen molar-refractivity contribution in [2.75, 3.05) is 18.4 Å². The number of hydrogen-bond acceptors (Lipinski definition) is 5. The molecule has 134 valence electrons. The van der Waals surface area contributed by atoms with Crippen molar-refractivity contribution in [3.8, 4) is 0 Å². The zero-order valence-corrected chi connectivity index (χ0v) is 15.9. The van der Waals surface area contributed by atoms with Gasteiger partial charge < -0.3 is 10.6 Å². The van der Waals surface area contributed by atoms with Gasteiger partial charge in [-0.25, -0.2) is 4.68 Å². The second kappa shape index (κ2) is 8.21. The van der Waals surface area contributed by atoms with Crippen molar-refractivity contribution in [2.45, 2.75) is 42.9 Å². The zero-order chi connectivity index (χ0) is 17.8. The van der Waals surface area contributed by atoms with E-state index < -0.39 is 0 Å². The molecule has 0 spiro atoms. The molecule has 1 saturated heterocycles. The molecular weight excluding hydrogens is 358 g/mol. The van der Waals surface area contributed by atoms with E-state index in [2.05, 4.69) is 34.8 Å². The summed E-state index contributed by atoms with van der Waals surface area (Å²) in [6.07, 6.45) is 3.72. The highest BCUT2D eigenvalue weighted by Gasteiger charge is 2.19. The molecule has 0 saturated carbocycles. The molecule has 8 heteroatoms. The number of hydrogen-bond donors (Lipinski definition) is 2. The van der Waals surface area contributed by atoms with Gasteiger partial charge in [-0.2, -0.15) is 0 Å². The average molecular weight is 380 g/mol. The SMILES string of the molecule is CC(C)Sc1ccc(Cl)cc1NC(=O)c1cn(C2CCNCC2)nn1. The average Bonchev–Trinajstić information content (AvgIpc) is 3.08. The third-order valence-corrected chi connectivity index (χ3v) is 5.29. The Hall–Kier alpha value is -1.57. The van der Waals surface area contributed by atoms with Gasteiger partial charge in [0.2, 0.25) is 0 Å². The third kappa shape index (κ3) is 4.74. The van der Waals surface area contributed by atoms with E-state index in [1.807, 2.05) is 12.1 Å². The number of nitrogens with one attached hydrogen (secondary N) is 2. The summed E-state index contributed by atoms with van der Waals surface area (Å²) in [4.78, 5) is 13.6. The lowest BCUT2D eigenvalue weighted by Gasteiger charge is -2.22. The van der Waals surface area contributed by atoms with Crippen LogP contribution in [0.1, 0.15) is 43.2 Å². The lowest BCUT2D eigenvalue weighted by atomic mass is 10.1. The summed E-state index contributed by atoms with van der Waals surface area (Å²) in [5.74, 6) is -0.270. The molecule has 0 bridgehead atoms. The molecule has 0 unspecified atom stereocenters. The van der Waals surface area contributed by atoms with E-state index in [1.54, 1.807) is 28.7 Å². The Bertz CT molecular complexity index is 742. The van der Waals surface area contributed by atoms with E-state index in [1.165, 1.54) is 0 Å². The summed E-state index contributed by atoms with van der Waals surface area (Å²) < 4.78 is 1.80. The van der Waals surface area contributed by atoms with Crippen LogP contribution in [-0.4, -0.2) is 39.2 Å². The largest absolute Gasteiger partial charge is 0.319 e. The number of amides is 1. The molecule has 0 atom stereocenters. The van der Waals surface area contributed by atoms with Crippen molar-refractivity contribution in [1.82, 2.24) is 20.3 Å². The quantitative estimate of drug-likeness (QED) is 0.776. The van der Waals surface area contributed by atoms with Gasteiger partial charge in [-0.05, 0) is 44.1 Å². The van der Waals surface area contributed by atoms with Crippen LogP contribution < -0.4 is 10.6 Å². The molecule has 0 aliphatic carbocycles. The van der Waals surface area contributed by atoms with Crippen LogP contribution in [0.2, 0.25) is 5.02 Å². The van der Waals surface area contributed by atoms with Crippen LogP contribution in [0.25, 0.3) is 0 Å². The van der Waals surface area contributed by atoms with Gasteiger partial charge in [-0.1, -0.05) is 30.7 Å². The molecule has 0 radical (unpaired) electrons. The molecule has 1 aliphatic rings. The minimum atomic E-state index is -0.270. The second-order valence-electron chi connectivity index (χ2n) is 6.33. The highest BCUT2D eigenvalue weighted by atomic mass is 35.5. The zero-order valence-electron chi connectivity index (χ0n) is 14.3. The van der Waals surface area contributed by atoms with Crippen LogP contribution >= 0.6 is 23.4 Å². The summed E-state index contributed by atoms with van der Waals surface area (Å²) in [6, 6.07) is 5.82. The third-order valence-electron chi connectivity index (χ3n) is 3.98. The fourth-order valence-electron chi connectivity index (χ4n) is 2.77. The maximum absolute atomic E-state index is 12.6. The van der Waals surface area contributed by atoms with Crippen molar-refractivity contribution < 1.29 is 4.79 Å². The minimum absolute atomic E-state index is 0.270. The van der Waals surface area contributed by atoms with E-state index in [0.29, 0.717) is 27.7 Å². The Balaban J connectivity index is 1.74. The molecule has 1 amide bonds. The molecule has 2 heterocycles. The molecule has 2 aromatic rings. The van der Waals surface area contributed by atoms with Crippen LogP contribution in [0.5, 0.6) is 0 Å². The number of halogens is 1. The van der Waals surface area contributed by atoms with Crippen molar-refractivity contribution in [3.63, 3.8) is 0 Å². The summed E-state index contributed by atoms with van der Waals surface area (Å²) in [5.41, 5.74) is 1.02. The van der Waals surface area contributed by atoms with Gasteiger partial charge in [0, 0.05) is 15.2 Å². The molecule has 1 aliphatic heterocycles. The van der Waals surface area contributed by atoms with E-state index in [4.69, 9.17) is 11.6 Å². The lowest BCUT2D eigenvalue weighted by Crippen LogP contribution is -2.29. The first-order valence-electron chi connectivity index (χ1n) is 8.43. The predicted octanol–water partition coefficient (Wildman–Crippen LogP) is 3.61. The first-order valence-corrected chi connectivity index (χ1v) is 9.69. The first-order chi connectivity index (χ1) is 12.0. The first kappa shape index (κ1) is 18.2. The monoisotopic (exact) mass is 379 g/mol. The highest BCUT2D eigenvalue weighted by Crippen LogP contribution is 2.32. The summed E-state index contributed by atoms with van der Waals surface area (Å²) >= 11 is 7.77. The summed E-state index contributed by atoms with van der Waals surface area (Å²) in [5, 5.41) is 15.4. The van der Waals surface area contributed by atoms with E-state index in [-0.39, 0.29) is 5.91 Å². The molecule has 3 rings (SSSR count). The molecule has 1 fully saturated rings. The fourth-order valence-corrected chi connectivity index (χ4v) is 3.84. The Kier molecular flexibility index (Phi) is 5.98. The molecule has 1 aromatic heterocycles. The van der Waals surface area contributed by atoms with Crippen LogP contribution in [-0.2, 0) is 0 Å². The Labute approximate surface area is 156 Å². The number of aromatic nitrogens is 3. The Morgan fingerprint density at radius 2 is 2.16 bits per heavy atom. The van der Waals surface area contributed by atoms with Crippen LogP contribution in [0, 0.1) is 0 Å². The molecule has 1 aromatic carbocycles. The number of carbonyl (C=O) groups is 1. The van der Waals surface area contributed by atoms with Crippen molar-refractivity contribution in [2.24, 2.45) is 0 Å². The van der Waals surface area contributed by atoms with Gasteiger partial charge in [0.1, 0.15) is 0 Å². The van der Waals surface area contributed by atoms with Gasteiger partial charge in [0.15, 0.2) is 5.69 Å². The summed E-state index contributed by atoms with van der Waals surface area (Å²) in [7, 11) is 0. The van der Waals surface area contributed by atoms with Gasteiger partial charge in [-0.3, -0.25) is 4.79 Å². The standard InChI is InChI=1S/C17H22ClN5OS/c1-11(2)25-16-4-3-12(18)9-14(16)20-17(24)15-10-23(22-21-15)13-5-7-19-8-6-13/h3-4,9-11,13,19H,5-8H2,1-2H3,(H,20,24). The van der Waals surface area contributed by atoms with E-state index in [9.17, 15) is 4.79 Å². The second-order valence-corrected chi connectivity index (χ2v) is 8.38. The van der Waals surface area contributed by atoms with Gasteiger partial charge in [-0.15, -0.1) is 16.9 Å². The number of benzene rings is 1. The molecule has 6 nitrogen and oxygen atoms in total. The maximum atomic E-state index is 12.6. The predicted molar refractivity (Wildman–Crippen MR) is 102 cm³/mol. The number of carbonyl (C=O) groups excluding carboxylic acids is 1. The van der Waals surface area contributed by atoms with Crippen molar-refractivity contribution >= 4 is 35.0 Å². The van der Waals surface area contributed by atoms with Gasteiger partial charge >= 0.3 is 0 Å². The lowest BCUT2D eigenvalue weighted by molar-refractivity contribution is 0.102. The number of piperidine rings is 1. The maximum Gasteiger partial charge on any atom is 0.277 e. The van der Waals surface area contributed by atoms with Crippen LogP contribution in [0.4, 0.5) is 5.69 Å². The normalized spacial score (nSPS) is 15.5. The number of rotatable bonds is 5. The number of anilines is 1. The summed E-state index contributed by atoms with van der Waals surface area (Å²) in [6.45, 7) is 6.14. The van der Waals surface area contributed by atoms with Gasteiger partial charge in [0.05, 0.1) is 17.9 Å². The smallest absolute Gasteiger partial charge is 0.277 e. The minimum Gasteiger partial charge on any atom is -0.319 e. The number of thioether (sulfide) groups is 1. The van der Waals surface area contributed by atoms with Gasteiger partial charge in [0.25, 0.3) is 5.91 Å². The molecular formula is C17H22ClN5OS. The van der Waals surface area contributed by atoms with Crippen LogP contribution in [0.3, 0.4) is 0 Å². The van der Waals surface area contributed by atoms with E-state index in [0.717, 1.165) is 30.8 Å². The van der Waals surface area contributed by atoms with Crippen molar-refractivity contribution in [3.05, 3.63) is 35.1 Å². The number of nitrogens with zero attached hydrogens (tertiary/aromatic N) is 3. The fraction of sp³-hybridized carbons (Fsp3) is 0.471.